The average molecular weight is 352 g/mol. The highest BCUT2D eigenvalue weighted by Gasteiger charge is 2.25. The van der Waals surface area contributed by atoms with Gasteiger partial charge >= 0.3 is 0 Å². The van der Waals surface area contributed by atoms with Gasteiger partial charge in [0.15, 0.2) is 0 Å². The number of piperazine rings is 1. The smallest absolute Gasteiger partial charge is 0.293 e. The lowest BCUT2D eigenvalue weighted by Crippen LogP contribution is -3.14. The Morgan fingerprint density at radius 1 is 1.08 bits per heavy atom. The van der Waals surface area contributed by atoms with Crippen LogP contribution in [0.2, 0.25) is 0 Å². The highest BCUT2D eigenvalue weighted by molar-refractivity contribution is 5.79. The second-order valence-corrected chi connectivity index (χ2v) is 6.38. The number of anilines is 1. The van der Waals surface area contributed by atoms with E-state index in [2.05, 4.69) is 24.3 Å². The number of aldehydes is 1. The topological polar surface area (TPSA) is 67.9 Å². The minimum Gasteiger partial charge on any atom is -0.355 e. The van der Waals surface area contributed by atoms with Crippen molar-refractivity contribution < 1.29 is 14.6 Å². The van der Waals surface area contributed by atoms with Gasteiger partial charge in [-0.3, -0.25) is 14.9 Å². The summed E-state index contributed by atoms with van der Waals surface area (Å²) in [6, 6.07) is 14.9. The molecule has 2 aromatic carbocycles. The van der Waals surface area contributed by atoms with E-state index >= 15 is 0 Å². The van der Waals surface area contributed by atoms with Gasteiger partial charge in [-0.25, -0.2) is 0 Å². The van der Waals surface area contributed by atoms with Gasteiger partial charge in [-0.15, -0.1) is 0 Å². The maximum Gasteiger partial charge on any atom is 0.293 e. The number of nitro groups is 1. The Morgan fingerprint density at radius 3 is 2.46 bits per heavy atom. The van der Waals surface area contributed by atoms with Crippen LogP contribution in [-0.4, -0.2) is 43.9 Å². The Balaban J connectivity index is 1.59. The second-order valence-electron chi connectivity index (χ2n) is 6.38. The van der Waals surface area contributed by atoms with Crippen molar-refractivity contribution in [2.24, 2.45) is 0 Å². The van der Waals surface area contributed by atoms with Crippen LogP contribution in [0.15, 0.2) is 54.6 Å². The molecule has 1 aliphatic rings. The third-order valence-corrected chi connectivity index (χ3v) is 4.66. The molecule has 3 rings (SSSR count). The van der Waals surface area contributed by atoms with Crippen LogP contribution < -0.4 is 9.80 Å². The molecule has 6 nitrogen and oxygen atoms in total. The van der Waals surface area contributed by atoms with Crippen LogP contribution in [0.3, 0.4) is 0 Å². The van der Waals surface area contributed by atoms with Crippen molar-refractivity contribution >= 4 is 23.7 Å². The molecule has 1 aliphatic heterocycles. The number of nitro benzene ring substituents is 1. The first kappa shape index (κ1) is 17.8. The Bertz CT molecular complexity index is 797. The summed E-state index contributed by atoms with van der Waals surface area (Å²) in [7, 11) is 0. The van der Waals surface area contributed by atoms with Crippen LogP contribution >= 0.6 is 0 Å². The molecule has 1 N–H and O–H groups in total. The molecule has 134 valence electrons. The molecule has 0 saturated carbocycles. The molecule has 2 aromatic rings. The molecule has 1 fully saturated rings. The van der Waals surface area contributed by atoms with Crippen molar-refractivity contribution in [3.05, 3.63) is 75.8 Å². The zero-order chi connectivity index (χ0) is 18.4. The number of quaternary nitrogens is 1. The van der Waals surface area contributed by atoms with Gasteiger partial charge in [0.1, 0.15) is 12.0 Å². The zero-order valence-corrected chi connectivity index (χ0v) is 14.5. The van der Waals surface area contributed by atoms with Crippen LogP contribution in [0.25, 0.3) is 6.08 Å². The van der Waals surface area contributed by atoms with Gasteiger partial charge in [0.25, 0.3) is 5.69 Å². The quantitative estimate of drug-likeness (QED) is 0.489. The number of hydrogen-bond acceptors (Lipinski definition) is 4. The van der Waals surface area contributed by atoms with Gasteiger partial charge in [0.2, 0.25) is 0 Å². The van der Waals surface area contributed by atoms with E-state index in [1.807, 2.05) is 23.1 Å². The van der Waals surface area contributed by atoms with E-state index in [4.69, 9.17) is 0 Å². The van der Waals surface area contributed by atoms with Crippen LogP contribution in [0.5, 0.6) is 0 Å². The summed E-state index contributed by atoms with van der Waals surface area (Å²) in [6.45, 7) is 4.30. The first-order valence-corrected chi connectivity index (χ1v) is 8.71. The van der Waals surface area contributed by atoms with E-state index in [1.165, 1.54) is 16.5 Å². The number of benzene rings is 2. The molecule has 0 aromatic heterocycles. The number of nitrogens with zero attached hydrogens (tertiary/aromatic N) is 2. The highest BCUT2D eigenvalue weighted by Crippen LogP contribution is 2.28. The van der Waals surface area contributed by atoms with Crippen molar-refractivity contribution in [3.8, 4) is 0 Å². The Kier molecular flexibility index (Phi) is 5.76. The summed E-state index contributed by atoms with van der Waals surface area (Å²) in [5.41, 5.74) is 2.12. The molecule has 0 amide bonds. The van der Waals surface area contributed by atoms with E-state index in [0.29, 0.717) is 17.5 Å². The minimum atomic E-state index is -0.413. The third-order valence-electron chi connectivity index (χ3n) is 4.66. The van der Waals surface area contributed by atoms with Crippen molar-refractivity contribution in [2.45, 2.75) is 0 Å². The molecule has 0 bridgehead atoms. The highest BCUT2D eigenvalue weighted by atomic mass is 16.6. The van der Waals surface area contributed by atoms with Gasteiger partial charge < -0.3 is 9.80 Å². The summed E-state index contributed by atoms with van der Waals surface area (Å²) >= 11 is 0. The monoisotopic (exact) mass is 352 g/mol. The van der Waals surface area contributed by atoms with E-state index in [-0.39, 0.29) is 5.69 Å². The van der Waals surface area contributed by atoms with E-state index in [1.54, 1.807) is 12.1 Å². The van der Waals surface area contributed by atoms with Gasteiger partial charge in [-0.1, -0.05) is 36.4 Å². The fourth-order valence-electron chi connectivity index (χ4n) is 3.22. The first-order chi connectivity index (χ1) is 12.7. The van der Waals surface area contributed by atoms with E-state index in [0.717, 1.165) is 32.7 Å². The lowest BCUT2D eigenvalue weighted by Gasteiger charge is -2.32. The summed E-state index contributed by atoms with van der Waals surface area (Å²) in [5, 5.41) is 11.3. The van der Waals surface area contributed by atoms with Gasteiger partial charge in [0, 0.05) is 11.6 Å². The molecule has 0 aliphatic carbocycles. The van der Waals surface area contributed by atoms with E-state index in [9.17, 15) is 14.9 Å². The molecule has 1 saturated heterocycles. The standard InChI is InChI=1S/C20H21N3O3/c24-16-18-8-9-19(20(15-18)23(25)26)22-13-11-21(12-14-22)10-4-7-17-5-2-1-3-6-17/h1-9,15-16H,10-14H2/p+1/b7-4+. The lowest BCUT2D eigenvalue weighted by atomic mass is 10.1. The Hall–Kier alpha value is -2.99. The fourth-order valence-corrected chi connectivity index (χ4v) is 3.22. The number of rotatable bonds is 6. The van der Waals surface area contributed by atoms with Gasteiger partial charge in [0.05, 0.1) is 37.6 Å². The lowest BCUT2D eigenvalue weighted by molar-refractivity contribution is -0.894. The fraction of sp³-hybridized carbons (Fsp3) is 0.250. The van der Waals surface area contributed by atoms with Crippen molar-refractivity contribution in [1.29, 1.82) is 0 Å². The molecule has 0 unspecified atom stereocenters. The number of carbonyl (C=O) groups is 1. The largest absolute Gasteiger partial charge is 0.355 e. The maximum atomic E-state index is 11.3. The minimum absolute atomic E-state index is 0.00187. The van der Waals surface area contributed by atoms with Crippen molar-refractivity contribution in [2.75, 3.05) is 37.6 Å². The molecular formula is C20H22N3O3+. The number of nitrogens with one attached hydrogen (secondary N) is 1. The van der Waals surface area contributed by atoms with Crippen molar-refractivity contribution in [1.82, 2.24) is 0 Å². The molecule has 0 radical (unpaired) electrons. The third kappa shape index (κ3) is 4.34. The SMILES string of the molecule is O=Cc1ccc(N2CC[NH+](C/C=C/c3ccccc3)CC2)c([N+](=O)[O-])c1. The van der Waals surface area contributed by atoms with Crippen LogP contribution in [0.1, 0.15) is 15.9 Å². The molecular weight excluding hydrogens is 330 g/mol. The maximum absolute atomic E-state index is 11.3. The summed E-state index contributed by atoms with van der Waals surface area (Å²) in [4.78, 5) is 25.3. The summed E-state index contributed by atoms with van der Waals surface area (Å²) < 4.78 is 0. The number of carbonyl (C=O) groups excluding carboxylic acids is 1. The summed E-state index contributed by atoms with van der Waals surface area (Å²) in [6.07, 6.45) is 4.95. The number of hydrogen-bond donors (Lipinski definition) is 1. The normalized spacial score (nSPS) is 15.3. The van der Waals surface area contributed by atoms with Crippen molar-refractivity contribution in [3.63, 3.8) is 0 Å². The van der Waals surface area contributed by atoms with Crippen LogP contribution in [0, 0.1) is 10.1 Å². The predicted molar refractivity (Wildman–Crippen MR) is 102 cm³/mol. The first-order valence-electron chi connectivity index (χ1n) is 8.71. The zero-order valence-electron chi connectivity index (χ0n) is 14.5. The summed E-state index contributed by atoms with van der Waals surface area (Å²) in [5.74, 6) is 0. The molecule has 26 heavy (non-hydrogen) atoms. The predicted octanol–water partition coefficient (Wildman–Crippen LogP) is 1.83. The molecule has 0 spiro atoms. The molecule has 6 heteroatoms. The second kappa shape index (κ2) is 8.40. The average Bonchev–Trinajstić information content (AvgIpc) is 2.69. The van der Waals surface area contributed by atoms with Gasteiger partial charge in [-0.2, -0.15) is 0 Å². The van der Waals surface area contributed by atoms with E-state index < -0.39 is 4.92 Å². The van der Waals surface area contributed by atoms with Gasteiger partial charge in [-0.05, 0) is 23.8 Å². The molecule has 1 heterocycles. The van der Waals surface area contributed by atoms with Crippen LogP contribution in [0.4, 0.5) is 11.4 Å². The molecule has 0 atom stereocenters. The van der Waals surface area contributed by atoms with Crippen LogP contribution in [-0.2, 0) is 0 Å². The Labute approximate surface area is 152 Å². The Morgan fingerprint density at radius 2 is 1.81 bits per heavy atom.